The Bertz CT molecular complexity index is 1160. The first-order valence-electron chi connectivity index (χ1n) is 10.2. The normalized spacial score (nSPS) is 19.6. The van der Waals surface area contributed by atoms with Crippen molar-refractivity contribution in [1.82, 2.24) is 20.3 Å². The first-order chi connectivity index (χ1) is 14.6. The number of amides is 1. The van der Waals surface area contributed by atoms with Gasteiger partial charge in [-0.2, -0.15) is 0 Å². The molecule has 0 unspecified atom stereocenters. The molecule has 152 valence electrons. The summed E-state index contributed by atoms with van der Waals surface area (Å²) in [6, 6.07) is 6.71. The molecule has 2 aliphatic rings. The summed E-state index contributed by atoms with van der Waals surface area (Å²) in [7, 11) is 0. The predicted molar refractivity (Wildman–Crippen MR) is 112 cm³/mol. The van der Waals surface area contributed by atoms with Crippen LogP contribution in [-0.4, -0.2) is 33.9 Å². The molecule has 1 saturated heterocycles. The predicted octanol–water partition coefficient (Wildman–Crippen LogP) is 3.00. The number of nitrogens with one attached hydrogen (secondary N) is 2. The molecule has 1 aromatic carbocycles. The number of nitrogens with zero attached hydrogens (tertiary/aromatic N) is 3. The minimum Gasteiger partial charge on any atom is -0.355 e. The number of fused-ring (bicyclic) bond motifs is 1. The Morgan fingerprint density at radius 3 is 3.00 bits per heavy atom. The monoisotopic (exact) mass is 403 g/mol. The molecule has 2 N–H and O–H groups in total. The van der Waals surface area contributed by atoms with Crippen molar-refractivity contribution < 1.29 is 9.18 Å². The van der Waals surface area contributed by atoms with Crippen molar-refractivity contribution >= 4 is 22.8 Å². The molecule has 5 rings (SSSR count). The number of hydrogen-bond acceptors (Lipinski definition) is 4. The Hall–Kier alpha value is -3.40. The van der Waals surface area contributed by atoms with E-state index in [-0.39, 0.29) is 22.8 Å². The van der Waals surface area contributed by atoms with Gasteiger partial charge in [0.2, 0.25) is 5.91 Å². The number of piperidine rings is 1. The molecule has 2 fully saturated rings. The number of benzene rings is 1. The highest BCUT2D eigenvalue weighted by Gasteiger charge is 2.55. The van der Waals surface area contributed by atoms with Crippen molar-refractivity contribution in [3.05, 3.63) is 53.7 Å². The molecule has 6 nitrogen and oxygen atoms in total. The zero-order valence-electron chi connectivity index (χ0n) is 16.5. The van der Waals surface area contributed by atoms with E-state index in [2.05, 4.69) is 31.1 Å². The molecule has 1 atom stereocenters. The second-order valence-corrected chi connectivity index (χ2v) is 8.24. The second kappa shape index (κ2) is 7.13. The van der Waals surface area contributed by atoms with Crippen LogP contribution >= 0.6 is 0 Å². The summed E-state index contributed by atoms with van der Waals surface area (Å²) in [5.41, 5.74) is 1.76. The van der Waals surface area contributed by atoms with Gasteiger partial charge in [0.15, 0.2) is 0 Å². The van der Waals surface area contributed by atoms with E-state index in [0.29, 0.717) is 12.1 Å². The van der Waals surface area contributed by atoms with Crippen LogP contribution in [0.15, 0.2) is 36.8 Å². The number of aromatic nitrogens is 3. The summed E-state index contributed by atoms with van der Waals surface area (Å²) < 4.78 is 13.9. The fraction of sp³-hybridized carbons (Fsp3) is 0.348. The number of halogens is 1. The average molecular weight is 403 g/mol. The van der Waals surface area contributed by atoms with Crippen molar-refractivity contribution in [3.8, 4) is 12.3 Å². The number of carbonyl (C=O) groups is 1. The van der Waals surface area contributed by atoms with Crippen molar-refractivity contribution in [2.75, 3.05) is 18.0 Å². The van der Waals surface area contributed by atoms with E-state index in [4.69, 9.17) is 6.42 Å². The summed E-state index contributed by atoms with van der Waals surface area (Å²) in [5, 5.41) is 4.01. The van der Waals surface area contributed by atoms with E-state index in [0.717, 1.165) is 49.2 Å². The number of hydrogen-bond donors (Lipinski definition) is 2. The molecule has 1 saturated carbocycles. The van der Waals surface area contributed by atoms with Gasteiger partial charge in [-0.25, -0.2) is 14.4 Å². The summed E-state index contributed by atoms with van der Waals surface area (Å²) in [4.78, 5) is 27.1. The molecule has 1 amide bonds. The lowest BCUT2D eigenvalue weighted by atomic mass is 9.81. The molecule has 1 spiro atoms. The number of anilines is 1. The second-order valence-electron chi connectivity index (χ2n) is 8.24. The Morgan fingerprint density at radius 1 is 1.37 bits per heavy atom. The van der Waals surface area contributed by atoms with Gasteiger partial charge >= 0.3 is 0 Å². The van der Waals surface area contributed by atoms with Crippen molar-refractivity contribution in [2.24, 2.45) is 11.3 Å². The summed E-state index contributed by atoms with van der Waals surface area (Å²) in [6.45, 7) is 1.88. The Kier molecular flexibility index (Phi) is 4.43. The van der Waals surface area contributed by atoms with Gasteiger partial charge in [0.05, 0.1) is 10.9 Å². The standard InChI is InChI=1S/C23H22FN5O/c1-2-16-4-3-15(11-19(16)24)12-26-22(30)18-6-10-29(13-23(18)7-8-23)21-17-5-9-25-20(17)27-14-28-21/h1,3-5,9,11,14,18H,6-8,10,12-13H2,(H,26,30)(H,25,27,28)/t18-/m1/s1. The molecule has 7 heteroatoms. The minimum absolute atomic E-state index is 0.00547. The van der Waals surface area contributed by atoms with E-state index in [1.165, 1.54) is 6.07 Å². The van der Waals surface area contributed by atoms with E-state index in [1.54, 1.807) is 18.5 Å². The van der Waals surface area contributed by atoms with Crippen LogP contribution in [0, 0.1) is 29.5 Å². The Labute approximate surface area is 173 Å². The molecular weight excluding hydrogens is 381 g/mol. The number of terminal acetylenes is 1. The number of H-pyrrole nitrogens is 1. The lowest BCUT2D eigenvalue weighted by Crippen LogP contribution is -2.48. The SMILES string of the molecule is C#Cc1ccc(CNC(=O)[C@H]2CCN(c3ncnc4[nH]ccc34)CC23CC3)cc1F. The summed E-state index contributed by atoms with van der Waals surface area (Å²) in [5.74, 6) is 2.81. The summed E-state index contributed by atoms with van der Waals surface area (Å²) >= 11 is 0. The molecule has 1 aliphatic carbocycles. The fourth-order valence-electron chi connectivity index (χ4n) is 4.63. The van der Waals surface area contributed by atoms with E-state index in [1.807, 2.05) is 12.3 Å². The molecule has 1 aliphatic heterocycles. The topological polar surface area (TPSA) is 73.9 Å². The van der Waals surface area contributed by atoms with Crippen LogP contribution in [0.25, 0.3) is 11.0 Å². The largest absolute Gasteiger partial charge is 0.355 e. The maximum atomic E-state index is 13.9. The first-order valence-corrected chi connectivity index (χ1v) is 10.2. The lowest BCUT2D eigenvalue weighted by molar-refractivity contribution is -0.128. The minimum atomic E-state index is -0.433. The van der Waals surface area contributed by atoms with Gasteiger partial charge in [-0.15, -0.1) is 6.42 Å². The van der Waals surface area contributed by atoms with Gasteiger partial charge in [0.1, 0.15) is 23.6 Å². The average Bonchev–Trinajstić information content (AvgIpc) is 3.33. The third-order valence-corrected chi connectivity index (χ3v) is 6.43. The van der Waals surface area contributed by atoms with Crippen LogP contribution < -0.4 is 10.2 Å². The van der Waals surface area contributed by atoms with Gasteiger partial charge in [-0.05, 0) is 48.4 Å². The highest BCUT2D eigenvalue weighted by molar-refractivity contribution is 5.87. The first kappa shape index (κ1) is 18.6. The van der Waals surface area contributed by atoms with Gasteiger partial charge in [0, 0.05) is 31.7 Å². The molecule has 3 heterocycles. The summed E-state index contributed by atoms with van der Waals surface area (Å²) in [6.07, 6.45) is 11.6. The molecule has 0 radical (unpaired) electrons. The molecule has 30 heavy (non-hydrogen) atoms. The van der Waals surface area contributed by atoms with E-state index in [9.17, 15) is 9.18 Å². The Morgan fingerprint density at radius 2 is 2.23 bits per heavy atom. The van der Waals surface area contributed by atoms with Crippen LogP contribution in [0.3, 0.4) is 0 Å². The van der Waals surface area contributed by atoms with Crippen molar-refractivity contribution in [2.45, 2.75) is 25.8 Å². The highest BCUT2D eigenvalue weighted by atomic mass is 19.1. The number of aromatic amines is 1. The Balaban J connectivity index is 1.27. The fourth-order valence-corrected chi connectivity index (χ4v) is 4.63. The van der Waals surface area contributed by atoms with Gasteiger partial charge < -0.3 is 15.2 Å². The van der Waals surface area contributed by atoms with E-state index >= 15 is 0 Å². The van der Waals surface area contributed by atoms with Gasteiger partial charge in [-0.3, -0.25) is 4.79 Å². The lowest BCUT2D eigenvalue weighted by Gasteiger charge is -2.39. The van der Waals surface area contributed by atoms with Crippen LogP contribution in [0.2, 0.25) is 0 Å². The quantitative estimate of drug-likeness (QED) is 0.657. The smallest absolute Gasteiger partial charge is 0.224 e. The zero-order chi connectivity index (χ0) is 20.7. The van der Waals surface area contributed by atoms with Crippen molar-refractivity contribution in [3.63, 3.8) is 0 Å². The number of carbonyl (C=O) groups excluding carboxylic acids is 1. The van der Waals surface area contributed by atoms with Crippen LogP contribution in [0.4, 0.5) is 10.2 Å². The van der Waals surface area contributed by atoms with Gasteiger partial charge in [-0.1, -0.05) is 12.0 Å². The van der Waals surface area contributed by atoms with Crippen molar-refractivity contribution in [1.29, 1.82) is 0 Å². The van der Waals surface area contributed by atoms with E-state index < -0.39 is 5.82 Å². The highest BCUT2D eigenvalue weighted by Crippen LogP contribution is 2.56. The molecule has 2 aromatic heterocycles. The maximum Gasteiger partial charge on any atom is 0.224 e. The third kappa shape index (κ3) is 3.18. The maximum absolute atomic E-state index is 13.9. The molecule has 3 aromatic rings. The van der Waals surface area contributed by atoms with Gasteiger partial charge in [0.25, 0.3) is 0 Å². The molecular formula is C23H22FN5O. The molecule has 0 bridgehead atoms. The van der Waals surface area contributed by atoms with Crippen LogP contribution in [-0.2, 0) is 11.3 Å². The third-order valence-electron chi connectivity index (χ3n) is 6.43. The van der Waals surface area contributed by atoms with Crippen LogP contribution in [0.5, 0.6) is 0 Å². The van der Waals surface area contributed by atoms with Crippen LogP contribution in [0.1, 0.15) is 30.4 Å². The number of rotatable bonds is 4. The zero-order valence-corrected chi connectivity index (χ0v) is 16.5.